The van der Waals surface area contributed by atoms with Gasteiger partial charge in [0.15, 0.2) is 4.32 Å². The van der Waals surface area contributed by atoms with Gasteiger partial charge in [-0.25, -0.2) is 0 Å². The average molecular weight is 410 g/mol. The Bertz CT molecular complexity index is 989. The van der Waals surface area contributed by atoms with Crippen LogP contribution in [0.3, 0.4) is 0 Å². The molecule has 1 aliphatic rings. The standard InChI is InChI=1S/C17H9F3N2O3S2/c18-17(19,20)11-4-2-5-12(9-11)21-15(23)14(27-16(21)26)8-10-3-1-6-13(7-10)22(24)25/h1-9H/b14-8+. The van der Waals surface area contributed by atoms with Crippen LogP contribution in [0.4, 0.5) is 24.5 Å². The van der Waals surface area contributed by atoms with Crippen molar-refractivity contribution < 1.29 is 22.9 Å². The van der Waals surface area contributed by atoms with E-state index in [-0.39, 0.29) is 20.6 Å². The van der Waals surface area contributed by atoms with E-state index in [0.29, 0.717) is 5.56 Å². The number of amides is 1. The lowest BCUT2D eigenvalue weighted by Gasteiger charge is -2.16. The normalized spacial score (nSPS) is 16.3. The van der Waals surface area contributed by atoms with Crippen LogP contribution in [0.1, 0.15) is 11.1 Å². The van der Waals surface area contributed by atoms with Crippen LogP contribution < -0.4 is 4.90 Å². The summed E-state index contributed by atoms with van der Waals surface area (Å²) in [6.07, 6.45) is -3.13. The number of thioether (sulfide) groups is 1. The van der Waals surface area contributed by atoms with Gasteiger partial charge in [0.25, 0.3) is 11.6 Å². The van der Waals surface area contributed by atoms with Gasteiger partial charge in [0.1, 0.15) is 0 Å². The lowest BCUT2D eigenvalue weighted by Crippen LogP contribution is -2.27. The summed E-state index contributed by atoms with van der Waals surface area (Å²) in [7, 11) is 0. The molecule has 1 aliphatic heterocycles. The second-order valence-corrected chi connectivity index (χ2v) is 7.09. The highest BCUT2D eigenvalue weighted by atomic mass is 32.2. The third-order valence-corrected chi connectivity index (χ3v) is 4.91. The summed E-state index contributed by atoms with van der Waals surface area (Å²) in [5.41, 5.74) is -0.614. The van der Waals surface area contributed by atoms with Crippen molar-refractivity contribution in [3.63, 3.8) is 0 Å². The van der Waals surface area contributed by atoms with E-state index in [1.807, 2.05) is 0 Å². The van der Waals surface area contributed by atoms with E-state index in [1.54, 1.807) is 6.07 Å². The van der Waals surface area contributed by atoms with Gasteiger partial charge in [-0.15, -0.1) is 0 Å². The van der Waals surface area contributed by atoms with Crippen molar-refractivity contribution in [3.05, 3.63) is 74.7 Å². The van der Waals surface area contributed by atoms with E-state index in [0.717, 1.165) is 28.8 Å². The molecule has 1 amide bonds. The predicted molar refractivity (Wildman–Crippen MR) is 100 cm³/mol. The molecular weight excluding hydrogens is 401 g/mol. The zero-order valence-electron chi connectivity index (χ0n) is 13.3. The second kappa shape index (κ2) is 7.12. The van der Waals surface area contributed by atoms with Crippen molar-refractivity contribution in [2.24, 2.45) is 0 Å². The van der Waals surface area contributed by atoms with E-state index in [2.05, 4.69) is 0 Å². The number of carbonyl (C=O) groups is 1. The third kappa shape index (κ3) is 4.01. The number of carbonyl (C=O) groups excluding carboxylic acids is 1. The number of halogens is 3. The molecule has 3 rings (SSSR count). The molecule has 2 aromatic carbocycles. The Labute approximate surface area is 160 Å². The number of nitro benzene ring substituents is 1. The Morgan fingerprint density at radius 1 is 1.15 bits per heavy atom. The van der Waals surface area contributed by atoms with Crippen molar-refractivity contribution in [2.45, 2.75) is 6.18 Å². The Morgan fingerprint density at radius 2 is 1.85 bits per heavy atom. The smallest absolute Gasteiger partial charge is 0.268 e. The van der Waals surface area contributed by atoms with Gasteiger partial charge in [0.05, 0.1) is 21.1 Å². The molecule has 1 saturated heterocycles. The number of nitro groups is 1. The van der Waals surface area contributed by atoms with Crippen LogP contribution in [-0.4, -0.2) is 15.2 Å². The third-order valence-electron chi connectivity index (χ3n) is 3.60. The lowest BCUT2D eigenvalue weighted by atomic mass is 10.1. The highest BCUT2D eigenvalue weighted by molar-refractivity contribution is 8.27. The molecular formula is C17H9F3N2O3S2. The van der Waals surface area contributed by atoms with Gasteiger partial charge in [0, 0.05) is 12.1 Å². The zero-order chi connectivity index (χ0) is 19.8. The minimum absolute atomic E-state index is 0.00904. The topological polar surface area (TPSA) is 63.4 Å². The number of rotatable bonds is 3. The Kier molecular flexibility index (Phi) is 5.03. The SMILES string of the molecule is O=C1/C(=C\c2cccc([N+](=O)[O-])c2)SC(=S)N1c1cccc(C(F)(F)F)c1. The maximum Gasteiger partial charge on any atom is 0.416 e. The first-order valence-electron chi connectivity index (χ1n) is 7.36. The van der Waals surface area contributed by atoms with Gasteiger partial charge in [-0.3, -0.25) is 19.8 Å². The summed E-state index contributed by atoms with van der Waals surface area (Å²) in [6.45, 7) is 0. The Balaban J connectivity index is 1.94. The van der Waals surface area contributed by atoms with Crippen LogP contribution >= 0.6 is 24.0 Å². The van der Waals surface area contributed by atoms with Crippen LogP contribution in [0.5, 0.6) is 0 Å². The number of anilines is 1. The number of hydrogen-bond acceptors (Lipinski definition) is 5. The maximum atomic E-state index is 12.9. The first kappa shape index (κ1) is 19.1. The molecule has 0 aromatic heterocycles. The van der Waals surface area contributed by atoms with E-state index < -0.39 is 22.6 Å². The summed E-state index contributed by atoms with van der Waals surface area (Å²) in [4.78, 5) is 24.1. The molecule has 5 nitrogen and oxygen atoms in total. The number of benzene rings is 2. The summed E-state index contributed by atoms with van der Waals surface area (Å²) in [5.74, 6) is -0.587. The Morgan fingerprint density at radius 3 is 2.52 bits per heavy atom. The fraction of sp³-hybridized carbons (Fsp3) is 0.0588. The number of alkyl halides is 3. The molecule has 10 heteroatoms. The van der Waals surface area contributed by atoms with E-state index in [9.17, 15) is 28.1 Å². The molecule has 0 aliphatic carbocycles. The first-order valence-corrected chi connectivity index (χ1v) is 8.59. The maximum absolute atomic E-state index is 12.9. The fourth-order valence-corrected chi connectivity index (χ4v) is 3.69. The molecule has 0 saturated carbocycles. The quantitative estimate of drug-likeness (QED) is 0.308. The molecule has 0 bridgehead atoms. The highest BCUT2D eigenvalue weighted by Gasteiger charge is 2.36. The molecule has 138 valence electrons. The van der Waals surface area contributed by atoms with Gasteiger partial charge in [0.2, 0.25) is 0 Å². The van der Waals surface area contributed by atoms with Crippen molar-refractivity contribution in [3.8, 4) is 0 Å². The number of nitrogens with zero attached hydrogens (tertiary/aromatic N) is 2. The van der Waals surface area contributed by atoms with Gasteiger partial charge in [-0.1, -0.05) is 42.2 Å². The fourth-order valence-electron chi connectivity index (χ4n) is 2.39. The number of hydrogen-bond donors (Lipinski definition) is 0. The number of non-ortho nitro benzene ring substituents is 1. The molecule has 27 heavy (non-hydrogen) atoms. The van der Waals surface area contributed by atoms with Gasteiger partial charge < -0.3 is 0 Å². The predicted octanol–water partition coefficient (Wildman–Crippen LogP) is 5.02. The zero-order valence-corrected chi connectivity index (χ0v) is 14.9. The van der Waals surface area contributed by atoms with Crippen molar-refractivity contribution in [2.75, 3.05) is 4.90 Å². The van der Waals surface area contributed by atoms with Crippen LogP contribution in [0.15, 0.2) is 53.4 Å². The lowest BCUT2D eigenvalue weighted by molar-refractivity contribution is -0.384. The van der Waals surface area contributed by atoms with Crippen molar-refractivity contribution in [1.82, 2.24) is 0 Å². The van der Waals surface area contributed by atoms with Crippen LogP contribution in [0.25, 0.3) is 6.08 Å². The first-order chi connectivity index (χ1) is 12.7. The van der Waals surface area contributed by atoms with Crippen molar-refractivity contribution in [1.29, 1.82) is 0 Å². The molecule has 0 spiro atoms. The average Bonchev–Trinajstić information content (AvgIpc) is 2.88. The molecule has 0 atom stereocenters. The van der Waals surface area contributed by atoms with Crippen LogP contribution in [0, 0.1) is 10.1 Å². The monoisotopic (exact) mass is 410 g/mol. The summed E-state index contributed by atoms with van der Waals surface area (Å²) in [6, 6.07) is 9.95. The van der Waals surface area contributed by atoms with Crippen molar-refractivity contribution >= 4 is 51.7 Å². The van der Waals surface area contributed by atoms with Crippen LogP contribution in [-0.2, 0) is 11.0 Å². The Hall–Kier alpha value is -2.72. The van der Waals surface area contributed by atoms with Crippen LogP contribution in [0.2, 0.25) is 0 Å². The summed E-state index contributed by atoms with van der Waals surface area (Å²) in [5, 5.41) is 10.8. The minimum Gasteiger partial charge on any atom is -0.268 e. The largest absolute Gasteiger partial charge is 0.416 e. The molecule has 1 fully saturated rings. The van der Waals surface area contributed by atoms with Gasteiger partial charge >= 0.3 is 6.18 Å². The summed E-state index contributed by atoms with van der Waals surface area (Å²) < 4.78 is 38.8. The summed E-state index contributed by atoms with van der Waals surface area (Å²) >= 11 is 6.05. The van der Waals surface area contributed by atoms with E-state index in [4.69, 9.17) is 12.2 Å². The van der Waals surface area contributed by atoms with Gasteiger partial charge in [-0.2, -0.15) is 13.2 Å². The molecule has 0 N–H and O–H groups in total. The van der Waals surface area contributed by atoms with E-state index in [1.165, 1.54) is 36.4 Å². The molecule has 2 aromatic rings. The molecule has 0 radical (unpaired) electrons. The molecule has 1 heterocycles. The second-order valence-electron chi connectivity index (χ2n) is 5.42. The highest BCUT2D eigenvalue weighted by Crippen LogP contribution is 2.38. The van der Waals surface area contributed by atoms with Gasteiger partial charge in [-0.05, 0) is 29.8 Å². The van der Waals surface area contributed by atoms with E-state index >= 15 is 0 Å². The minimum atomic E-state index is -4.55. The molecule has 0 unspecified atom stereocenters. The number of thiocarbonyl (C=S) groups is 1.